The molecular formula is C21H20ClN5O2S2. The highest BCUT2D eigenvalue weighted by atomic mass is 35.5. The van der Waals surface area contributed by atoms with Gasteiger partial charge in [-0.3, -0.25) is 4.72 Å². The summed E-state index contributed by atoms with van der Waals surface area (Å²) >= 11 is 7.59. The largest absolute Gasteiger partial charge is 0.280 e. The number of sulfonamides is 1. The Balaban J connectivity index is 1.61. The van der Waals surface area contributed by atoms with Crippen molar-refractivity contribution in [1.29, 1.82) is 0 Å². The van der Waals surface area contributed by atoms with Gasteiger partial charge >= 0.3 is 0 Å². The van der Waals surface area contributed by atoms with Gasteiger partial charge in [-0.1, -0.05) is 48.8 Å². The molecule has 0 aliphatic carbocycles. The second-order valence-electron chi connectivity index (χ2n) is 6.87. The molecule has 2 heterocycles. The van der Waals surface area contributed by atoms with E-state index in [2.05, 4.69) is 26.7 Å². The average molecular weight is 474 g/mol. The summed E-state index contributed by atoms with van der Waals surface area (Å²) in [4.78, 5) is 9.74. The molecule has 0 saturated heterocycles. The van der Waals surface area contributed by atoms with Crippen molar-refractivity contribution >= 4 is 44.9 Å². The number of rotatable bonds is 7. The Bertz CT molecular complexity index is 1340. The third kappa shape index (κ3) is 4.53. The third-order valence-electron chi connectivity index (χ3n) is 4.63. The molecule has 0 bridgehead atoms. The number of fused-ring (bicyclic) bond motifs is 1. The molecule has 0 radical (unpaired) electrons. The highest BCUT2D eigenvalue weighted by molar-refractivity contribution is 7.99. The Labute approximate surface area is 189 Å². The quantitative estimate of drug-likeness (QED) is 0.380. The molecule has 7 nitrogen and oxygen atoms in total. The number of hydrogen-bond donors (Lipinski definition) is 1. The van der Waals surface area contributed by atoms with Gasteiger partial charge in [0.05, 0.1) is 5.02 Å². The van der Waals surface area contributed by atoms with Crippen LogP contribution in [0.3, 0.4) is 0 Å². The standard InChI is InChI=1S/C21H20ClN5O2S2/c1-3-6-17-14(2)25-21-23-13-24-27(21)20(17)30-16-11-9-15(10-12-16)26-31(28,29)19-8-5-4-7-18(19)22/h4-5,7-13,26H,3,6H2,1-2H3. The molecule has 31 heavy (non-hydrogen) atoms. The number of benzene rings is 2. The zero-order chi connectivity index (χ0) is 22.0. The first-order chi connectivity index (χ1) is 14.9. The van der Waals surface area contributed by atoms with Crippen LogP contribution in [-0.4, -0.2) is 28.0 Å². The van der Waals surface area contributed by atoms with E-state index in [9.17, 15) is 8.42 Å². The SMILES string of the molecule is CCCc1c(C)nc2ncnn2c1Sc1ccc(NS(=O)(=O)c2ccccc2Cl)cc1. The van der Waals surface area contributed by atoms with Gasteiger partial charge in [0, 0.05) is 21.8 Å². The van der Waals surface area contributed by atoms with Crippen LogP contribution < -0.4 is 4.72 Å². The summed E-state index contributed by atoms with van der Waals surface area (Å²) in [6, 6.07) is 13.5. The van der Waals surface area contributed by atoms with Crippen molar-refractivity contribution in [1.82, 2.24) is 19.6 Å². The Kier molecular flexibility index (Phi) is 6.17. The summed E-state index contributed by atoms with van der Waals surface area (Å²) in [7, 11) is -3.78. The van der Waals surface area contributed by atoms with Crippen LogP contribution in [0.15, 0.2) is 69.7 Å². The van der Waals surface area contributed by atoms with Crippen LogP contribution in [0.2, 0.25) is 5.02 Å². The molecule has 0 aliphatic heterocycles. The van der Waals surface area contributed by atoms with Crippen molar-refractivity contribution in [3.8, 4) is 0 Å². The molecule has 2 aromatic carbocycles. The summed E-state index contributed by atoms with van der Waals surface area (Å²) in [6.45, 7) is 4.11. The van der Waals surface area contributed by atoms with Crippen molar-refractivity contribution < 1.29 is 8.42 Å². The zero-order valence-electron chi connectivity index (χ0n) is 16.9. The minimum atomic E-state index is -3.78. The number of nitrogens with zero attached hydrogens (tertiary/aromatic N) is 4. The molecule has 0 unspecified atom stereocenters. The molecule has 4 aromatic rings. The fraction of sp³-hybridized carbons (Fsp3) is 0.190. The Morgan fingerprint density at radius 2 is 1.87 bits per heavy atom. The van der Waals surface area contributed by atoms with Gasteiger partial charge in [-0.2, -0.15) is 14.6 Å². The lowest BCUT2D eigenvalue weighted by atomic mass is 10.1. The van der Waals surface area contributed by atoms with Crippen LogP contribution in [0, 0.1) is 6.92 Å². The number of aromatic nitrogens is 4. The van der Waals surface area contributed by atoms with E-state index in [1.165, 1.54) is 12.4 Å². The first-order valence-corrected chi connectivity index (χ1v) is 12.3. The van der Waals surface area contributed by atoms with E-state index in [1.807, 2.05) is 19.1 Å². The van der Waals surface area contributed by atoms with Gasteiger partial charge in [-0.05, 0) is 49.7 Å². The molecule has 10 heteroatoms. The van der Waals surface area contributed by atoms with Gasteiger partial charge in [0.25, 0.3) is 15.8 Å². The number of aryl methyl sites for hydroxylation is 1. The van der Waals surface area contributed by atoms with Crippen molar-refractivity contribution in [2.45, 2.75) is 41.5 Å². The Hall–Kier alpha value is -2.62. The molecule has 0 saturated carbocycles. The number of nitrogens with one attached hydrogen (secondary N) is 1. The molecule has 2 aromatic heterocycles. The maximum atomic E-state index is 12.6. The molecule has 0 fully saturated rings. The van der Waals surface area contributed by atoms with Crippen LogP contribution in [0.1, 0.15) is 24.6 Å². The summed E-state index contributed by atoms with van der Waals surface area (Å²) in [5.74, 6) is 0.559. The molecule has 4 rings (SSSR count). The van der Waals surface area contributed by atoms with E-state index in [0.29, 0.717) is 11.5 Å². The van der Waals surface area contributed by atoms with Crippen LogP contribution >= 0.6 is 23.4 Å². The van der Waals surface area contributed by atoms with Gasteiger partial charge in [-0.15, -0.1) is 0 Å². The Morgan fingerprint density at radius 1 is 1.13 bits per heavy atom. The maximum Gasteiger partial charge on any atom is 0.263 e. The van der Waals surface area contributed by atoms with Crippen molar-refractivity contribution in [3.05, 3.63) is 71.1 Å². The first kappa shape index (κ1) is 21.6. The van der Waals surface area contributed by atoms with Gasteiger partial charge < -0.3 is 0 Å². The van der Waals surface area contributed by atoms with E-state index in [0.717, 1.165) is 34.0 Å². The minimum absolute atomic E-state index is 0.0418. The van der Waals surface area contributed by atoms with Crippen molar-refractivity contribution in [3.63, 3.8) is 0 Å². The summed E-state index contributed by atoms with van der Waals surface area (Å²) in [6.07, 6.45) is 3.36. The Morgan fingerprint density at radius 3 is 2.58 bits per heavy atom. The van der Waals surface area contributed by atoms with E-state index in [-0.39, 0.29) is 9.92 Å². The monoisotopic (exact) mass is 473 g/mol. The second kappa shape index (κ2) is 8.86. The van der Waals surface area contributed by atoms with Crippen LogP contribution in [0.4, 0.5) is 5.69 Å². The normalized spacial score (nSPS) is 11.7. The fourth-order valence-corrected chi connectivity index (χ4v) is 5.84. The number of anilines is 1. The van der Waals surface area contributed by atoms with Gasteiger partial charge in [0.2, 0.25) is 0 Å². The maximum absolute atomic E-state index is 12.6. The molecule has 160 valence electrons. The topological polar surface area (TPSA) is 89.2 Å². The molecule has 0 aliphatic rings. The average Bonchev–Trinajstić information content (AvgIpc) is 3.20. The molecule has 1 N–H and O–H groups in total. The predicted molar refractivity (Wildman–Crippen MR) is 122 cm³/mol. The smallest absolute Gasteiger partial charge is 0.263 e. The lowest BCUT2D eigenvalue weighted by Crippen LogP contribution is -2.13. The van der Waals surface area contributed by atoms with E-state index < -0.39 is 10.0 Å². The van der Waals surface area contributed by atoms with Gasteiger partial charge in [0.15, 0.2) is 0 Å². The van der Waals surface area contributed by atoms with E-state index in [4.69, 9.17) is 11.6 Å². The lowest BCUT2D eigenvalue weighted by molar-refractivity contribution is 0.601. The van der Waals surface area contributed by atoms with Crippen LogP contribution in [-0.2, 0) is 16.4 Å². The lowest BCUT2D eigenvalue weighted by Gasteiger charge is -2.13. The zero-order valence-corrected chi connectivity index (χ0v) is 19.3. The molecular weight excluding hydrogens is 454 g/mol. The van der Waals surface area contributed by atoms with Gasteiger partial charge in [0.1, 0.15) is 16.2 Å². The van der Waals surface area contributed by atoms with E-state index >= 15 is 0 Å². The first-order valence-electron chi connectivity index (χ1n) is 9.63. The number of halogens is 1. The van der Waals surface area contributed by atoms with E-state index in [1.54, 1.807) is 46.6 Å². The van der Waals surface area contributed by atoms with Crippen LogP contribution in [0.25, 0.3) is 5.78 Å². The molecule has 0 spiro atoms. The summed E-state index contributed by atoms with van der Waals surface area (Å²) in [5, 5.41) is 5.47. The second-order valence-corrected chi connectivity index (χ2v) is 9.99. The highest BCUT2D eigenvalue weighted by Gasteiger charge is 2.18. The fourth-order valence-electron chi connectivity index (χ4n) is 3.17. The van der Waals surface area contributed by atoms with Gasteiger partial charge in [-0.25, -0.2) is 13.4 Å². The number of hydrogen-bond acceptors (Lipinski definition) is 6. The highest BCUT2D eigenvalue weighted by Crippen LogP contribution is 2.33. The summed E-state index contributed by atoms with van der Waals surface area (Å²) in [5.41, 5.74) is 2.53. The molecule has 0 atom stereocenters. The van der Waals surface area contributed by atoms with Crippen LogP contribution in [0.5, 0.6) is 0 Å². The predicted octanol–water partition coefficient (Wildman–Crippen LogP) is 4.99. The summed E-state index contributed by atoms with van der Waals surface area (Å²) < 4.78 is 29.6. The third-order valence-corrected chi connectivity index (χ3v) is 7.63. The van der Waals surface area contributed by atoms with Crippen molar-refractivity contribution in [2.75, 3.05) is 4.72 Å². The minimum Gasteiger partial charge on any atom is -0.280 e. The van der Waals surface area contributed by atoms with Crippen molar-refractivity contribution in [2.24, 2.45) is 0 Å². The molecule has 0 amide bonds.